The number of nitriles is 1. The maximum absolute atomic E-state index is 13.4. The van der Waals surface area contributed by atoms with Gasteiger partial charge in [-0.3, -0.25) is 4.79 Å². The lowest BCUT2D eigenvalue weighted by Crippen LogP contribution is -2.19. The summed E-state index contributed by atoms with van der Waals surface area (Å²) in [6, 6.07) is 24.0. The second kappa shape index (κ2) is 13.3. The van der Waals surface area contributed by atoms with E-state index in [0.717, 1.165) is 0 Å². The largest absolute Gasteiger partial charge is 0.496 e. The number of nitrogens with zero attached hydrogens (tertiary/aromatic N) is 2. The highest BCUT2D eigenvalue weighted by atomic mass is 35.5. The van der Waals surface area contributed by atoms with E-state index in [2.05, 4.69) is 21.6 Å². The standard InChI is InChI=1S/C33H24Cl2N4O5/c1-3-43-28-15-19(11-13-27(28)44-33(41)24-16-21(34)12-14-26(24)42-2)18-37-39-32(40)31-29(22-8-4-5-10-25(22)35)23-9-6-7-20(17-36)30(23)38-31/h4-16,18,38H,3H2,1-2H3,(H,39,40). The lowest BCUT2D eigenvalue weighted by Gasteiger charge is -2.13. The molecule has 9 nitrogen and oxygen atoms in total. The minimum absolute atomic E-state index is 0.158. The zero-order chi connectivity index (χ0) is 31.2. The first kappa shape index (κ1) is 30.2. The topological polar surface area (TPSA) is 126 Å². The molecule has 0 aliphatic carbocycles. The van der Waals surface area contributed by atoms with Gasteiger partial charge in [0.15, 0.2) is 11.5 Å². The number of halogens is 2. The molecule has 220 valence electrons. The predicted octanol–water partition coefficient (Wildman–Crippen LogP) is 7.40. The van der Waals surface area contributed by atoms with Crippen LogP contribution in [0.3, 0.4) is 0 Å². The van der Waals surface area contributed by atoms with Crippen molar-refractivity contribution < 1.29 is 23.8 Å². The van der Waals surface area contributed by atoms with Crippen molar-refractivity contribution >= 4 is 52.2 Å². The van der Waals surface area contributed by atoms with Gasteiger partial charge in [-0.05, 0) is 61.0 Å². The normalized spacial score (nSPS) is 10.9. The molecular weight excluding hydrogens is 603 g/mol. The van der Waals surface area contributed by atoms with Crippen LogP contribution in [-0.4, -0.2) is 36.8 Å². The van der Waals surface area contributed by atoms with E-state index in [9.17, 15) is 14.9 Å². The molecule has 0 aliphatic rings. The third-order valence-corrected chi connectivity index (χ3v) is 7.12. The Morgan fingerprint density at radius 3 is 2.55 bits per heavy atom. The first-order chi connectivity index (χ1) is 21.3. The van der Waals surface area contributed by atoms with Crippen LogP contribution in [0.2, 0.25) is 10.0 Å². The van der Waals surface area contributed by atoms with Crippen molar-refractivity contribution in [3.05, 3.63) is 111 Å². The number of H-pyrrole nitrogens is 1. The Balaban J connectivity index is 1.40. The fourth-order valence-corrected chi connectivity index (χ4v) is 5.00. The molecule has 0 aliphatic heterocycles. The number of carbonyl (C=O) groups is 2. The number of fused-ring (bicyclic) bond motifs is 1. The number of nitrogens with one attached hydrogen (secondary N) is 2. The average Bonchev–Trinajstić information content (AvgIpc) is 3.42. The van der Waals surface area contributed by atoms with Gasteiger partial charge >= 0.3 is 5.97 Å². The van der Waals surface area contributed by atoms with Gasteiger partial charge in [-0.1, -0.05) is 53.5 Å². The first-order valence-corrected chi connectivity index (χ1v) is 14.1. The van der Waals surface area contributed by atoms with Gasteiger partial charge in [0.1, 0.15) is 23.1 Å². The van der Waals surface area contributed by atoms with Crippen molar-refractivity contribution in [3.63, 3.8) is 0 Å². The van der Waals surface area contributed by atoms with Gasteiger partial charge in [0.05, 0.1) is 31.0 Å². The third-order valence-electron chi connectivity index (χ3n) is 6.56. The van der Waals surface area contributed by atoms with E-state index in [4.69, 9.17) is 37.4 Å². The van der Waals surface area contributed by atoms with Gasteiger partial charge in [0, 0.05) is 26.6 Å². The number of benzene rings is 4. The van der Waals surface area contributed by atoms with Gasteiger partial charge in [-0.15, -0.1) is 0 Å². The molecule has 0 saturated carbocycles. The summed E-state index contributed by atoms with van der Waals surface area (Å²) in [6.07, 6.45) is 1.42. The summed E-state index contributed by atoms with van der Waals surface area (Å²) in [4.78, 5) is 29.4. The molecule has 0 atom stereocenters. The van der Waals surface area contributed by atoms with Gasteiger partial charge in [0.2, 0.25) is 0 Å². The molecule has 0 unspecified atom stereocenters. The number of hydrazone groups is 1. The van der Waals surface area contributed by atoms with E-state index in [1.54, 1.807) is 67.6 Å². The molecule has 1 aromatic heterocycles. The number of hydrogen-bond acceptors (Lipinski definition) is 7. The number of rotatable bonds is 9. The first-order valence-electron chi connectivity index (χ1n) is 13.3. The Morgan fingerprint density at radius 1 is 1.00 bits per heavy atom. The summed E-state index contributed by atoms with van der Waals surface area (Å²) in [6.45, 7) is 2.10. The van der Waals surface area contributed by atoms with Crippen LogP contribution < -0.4 is 19.6 Å². The number of amides is 1. The van der Waals surface area contributed by atoms with E-state index >= 15 is 0 Å². The molecule has 0 fully saturated rings. The van der Waals surface area contributed by atoms with Crippen LogP contribution in [-0.2, 0) is 0 Å². The number of para-hydroxylation sites is 1. The van der Waals surface area contributed by atoms with Crippen molar-refractivity contribution in [2.24, 2.45) is 5.10 Å². The Bertz CT molecular complexity index is 1960. The van der Waals surface area contributed by atoms with Crippen LogP contribution in [0.15, 0.2) is 84.0 Å². The summed E-state index contributed by atoms with van der Waals surface area (Å²) in [5, 5.41) is 15.2. The molecule has 0 radical (unpaired) electrons. The second-order valence-electron chi connectivity index (χ2n) is 9.27. The molecule has 5 rings (SSSR count). The fraction of sp³-hybridized carbons (Fsp3) is 0.0909. The molecule has 1 amide bonds. The lowest BCUT2D eigenvalue weighted by atomic mass is 10.0. The van der Waals surface area contributed by atoms with Gasteiger partial charge in [-0.25, -0.2) is 10.2 Å². The number of aromatic nitrogens is 1. The molecular formula is C33H24Cl2N4O5. The summed E-state index contributed by atoms with van der Waals surface area (Å²) < 4.78 is 16.5. The molecule has 4 aromatic carbocycles. The van der Waals surface area contributed by atoms with Crippen LogP contribution in [0.4, 0.5) is 0 Å². The van der Waals surface area contributed by atoms with Gasteiger partial charge < -0.3 is 19.2 Å². The molecule has 11 heteroatoms. The summed E-state index contributed by atoms with van der Waals surface area (Å²) in [5.41, 5.74) is 5.53. The summed E-state index contributed by atoms with van der Waals surface area (Å²) in [7, 11) is 1.44. The zero-order valence-electron chi connectivity index (χ0n) is 23.5. The van der Waals surface area contributed by atoms with Crippen LogP contribution >= 0.6 is 23.2 Å². The number of carbonyl (C=O) groups excluding carboxylic acids is 2. The van der Waals surface area contributed by atoms with E-state index in [-0.39, 0.29) is 22.8 Å². The number of ether oxygens (including phenoxy) is 3. The maximum atomic E-state index is 13.4. The Morgan fingerprint density at radius 2 is 1.80 bits per heavy atom. The quantitative estimate of drug-likeness (QED) is 0.0759. The monoisotopic (exact) mass is 626 g/mol. The van der Waals surface area contributed by atoms with Gasteiger partial charge in [0.25, 0.3) is 5.91 Å². The smallest absolute Gasteiger partial charge is 0.347 e. The lowest BCUT2D eigenvalue weighted by molar-refractivity contribution is 0.0724. The second-order valence-corrected chi connectivity index (χ2v) is 10.1. The summed E-state index contributed by atoms with van der Waals surface area (Å²) >= 11 is 12.6. The highest BCUT2D eigenvalue weighted by Crippen LogP contribution is 2.37. The van der Waals surface area contributed by atoms with Crippen molar-refractivity contribution in [2.75, 3.05) is 13.7 Å². The SMILES string of the molecule is CCOc1cc(C=NNC(=O)c2[nH]c3c(C#N)cccc3c2-c2ccccc2Cl)ccc1OC(=O)c1cc(Cl)ccc1OC. The van der Waals surface area contributed by atoms with Crippen molar-refractivity contribution in [1.29, 1.82) is 5.26 Å². The van der Waals surface area contributed by atoms with E-state index < -0.39 is 11.9 Å². The Labute approximate surface area is 262 Å². The highest BCUT2D eigenvalue weighted by molar-refractivity contribution is 6.34. The Kier molecular flexibility index (Phi) is 9.15. The number of aromatic amines is 1. The van der Waals surface area contributed by atoms with Crippen molar-refractivity contribution in [3.8, 4) is 34.4 Å². The molecule has 0 spiro atoms. The number of methoxy groups -OCH3 is 1. The highest BCUT2D eigenvalue weighted by Gasteiger charge is 2.22. The van der Waals surface area contributed by atoms with Crippen LogP contribution in [0.5, 0.6) is 17.2 Å². The van der Waals surface area contributed by atoms with Crippen LogP contribution in [0.1, 0.15) is 38.9 Å². The molecule has 5 aromatic rings. The van der Waals surface area contributed by atoms with Gasteiger partial charge in [-0.2, -0.15) is 10.4 Å². The fourth-order valence-electron chi connectivity index (χ4n) is 4.60. The van der Waals surface area contributed by atoms with E-state index in [1.165, 1.54) is 19.4 Å². The van der Waals surface area contributed by atoms with Crippen molar-refractivity contribution in [1.82, 2.24) is 10.4 Å². The van der Waals surface area contributed by atoms with Crippen molar-refractivity contribution in [2.45, 2.75) is 6.92 Å². The zero-order valence-corrected chi connectivity index (χ0v) is 25.0. The molecule has 2 N–H and O–H groups in total. The molecule has 0 bridgehead atoms. The maximum Gasteiger partial charge on any atom is 0.347 e. The third kappa shape index (κ3) is 6.22. The number of hydrogen-bond donors (Lipinski definition) is 2. The molecule has 1 heterocycles. The minimum Gasteiger partial charge on any atom is -0.496 e. The van der Waals surface area contributed by atoms with Crippen LogP contribution in [0, 0.1) is 11.3 Å². The van der Waals surface area contributed by atoms with E-state index in [0.29, 0.717) is 55.6 Å². The molecule has 44 heavy (non-hydrogen) atoms. The molecule has 0 saturated heterocycles. The number of esters is 1. The Hall–Kier alpha value is -5.30. The van der Waals surface area contributed by atoms with E-state index in [1.807, 2.05) is 12.1 Å². The van der Waals surface area contributed by atoms with Crippen LogP contribution in [0.25, 0.3) is 22.0 Å². The predicted molar refractivity (Wildman–Crippen MR) is 169 cm³/mol. The summed E-state index contributed by atoms with van der Waals surface area (Å²) in [5.74, 6) is -0.435. The average molecular weight is 627 g/mol. The minimum atomic E-state index is -0.675.